The lowest BCUT2D eigenvalue weighted by Gasteiger charge is -2.05. The van der Waals surface area contributed by atoms with Crippen LogP contribution >= 0.6 is 0 Å². The van der Waals surface area contributed by atoms with Crippen LogP contribution in [0.4, 0.5) is 14.5 Å². The van der Waals surface area contributed by atoms with E-state index in [-0.39, 0.29) is 11.6 Å². The van der Waals surface area contributed by atoms with Gasteiger partial charge in [-0.05, 0) is 18.7 Å². The minimum atomic E-state index is -0.968. The molecular weight excluding hydrogens is 214 g/mol. The first-order valence-corrected chi connectivity index (χ1v) is 5.09. The minimum absolute atomic E-state index is 0.230. The first kappa shape index (κ1) is 12.6. The van der Waals surface area contributed by atoms with Gasteiger partial charge >= 0.3 is 0 Å². The van der Waals surface area contributed by atoms with Crippen LogP contribution in [-0.4, -0.2) is 19.0 Å². The molecule has 1 aromatic rings. The normalized spacial score (nSPS) is 10.2. The molecule has 0 aliphatic carbocycles. The quantitative estimate of drug-likeness (QED) is 0.756. The molecule has 1 rings (SSSR count). The summed E-state index contributed by atoms with van der Waals surface area (Å²) in [5, 5.41) is 5.47. The van der Waals surface area contributed by atoms with E-state index in [0.29, 0.717) is 13.0 Å². The zero-order valence-electron chi connectivity index (χ0n) is 9.02. The molecule has 2 N–H and O–H groups in total. The maximum atomic E-state index is 12.8. The summed E-state index contributed by atoms with van der Waals surface area (Å²) in [6.07, 6.45) is 0.298. The Balaban J connectivity index is 2.46. The van der Waals surface area contributed by atoms with Crippen molar-refractivity contribution < 1.29 is 13.6 Å². The molecule has 0 heterocycles. The molecule has 0 aliphatic heterocycles. The Morgan fingerprint density at radius 1 is 1.31 bits per heavy atom. The fourth-order valence-electron chi connectivity index (χ4n) is 1.18. The van der Waals surface area contributed by atoms with Crippen LogP contribution in [-0.2, 0) is 4.79 Å². The molecule has 1 aromatic carbocycles. The van der Waals surface area contributed by atoms with E-state index in [4.69, 9.17) is 0 Å². The van der Waals surface area contributed by atoms with Gasteiger partial charge in [-0.1, -0.05) is 6.92 Å². The molecule has 0 bridgehead atoms. The molecular formula is C11H14F2N2O. The summed E-state index contributed by atoms with van der Waals surface area (Å²) < 4.78 is 25.4. The fourth-order valence-corrected chi connectivity index (χ4v) is 1.18. The van der Waals surface area contributed by atoms with Crippen LogP contribution in [0.25, 0.3) is 0 Å². The lowest BCUT2D eigenvalue weighted by Crippen LogP contribution is -2.21. The predicted molar refractivity (Wildman–Crippen MR) is 58.1 cm³/mol. The molecule has 0 aliphatic rings. The number of hydrogen-bond donors (Lipinski definition) is 2. The average Bonchev–Trinajstić information content (AvgIpc) is 2.24. The summed E-state index contributed by atoms with van der Waals surface area (Å²) in [5.41, 5.74) is 0.264. The van der Waals surface area contributed by atoms with Crippen LogP contribution in [0.2, 0.25) is 0 Å². The third-order valence-corrected chi connectivity index (χ3v) is 1.98. The molecule has 0 spiro atoms. The van der Waals surface area contributed by atoms with Gasteiger partial charge in [0.2, 0.25) is 5.91 Å². The Kier molecular flexibility index (Phi) is 4.85. The molecule has 0 atom stereocenters. The van der Waals surface area contributed by atoms with E-state index in [2.05, 4.69) is 10.6 Å². The van der Waals surface area contributed by atoms with Gasteiger partial charge in [0.1, 0.15) is 0 Å². The number of anilines is 1. The van der Waals surface area contributed by atoms with E-state index >= 15 is 0 Å². The maximum absolute atomic E-state index is 12.8. The second-order valence-corrected chi connectivity index (χ2v) is 3.28. The summed E-state index contributed by atoms with van der Waals surface area (Å²) in [7, 11) is 0. The van der Waals surface area contributed by atoms with Crippen molar-refractivity contribution in [1.29, 1.82) is 0 Å². The van der Waals surface area contributed by atoms with Crippen molar-refractivity contribution in [3.8, 4) is 0 Å². The number of rotatable bonds is 5. The Morgan fingerprint density at radius 2 is 2.06 bits per heavy atom. The number of halogens is 2. The first-order chi connectivity index (χ1) is 7.63. The third-order valence-electron chi connectivity index (χ3n) is 1.98. The van der Waals surface area contributed by atoms with E-state index in [1.807, 2.05) is 6.92 Å². The Hall–Kier alpha value is -1.49. The average molecular weight is 228 g/mol. The number of amides is 1. The second-order valence-electron chi connectivity index (χ2n) is 3.28. The monoisotopic (exact) mass is 228 g/mol. The van der Waals surface area contributed by atoms with Crippen molar-refractivity contribution in [3.05, 3.63) is 29.8 Å². The van der Waals surface area contributed by atoms with Gasteiger partial charge in [0.25, 0.3) is 0 Å². The van der Waals surface area contributed by atoms with Crippen LogP contribution in [0.5, 0.6) is 0 Å². The smallest absolute Gasteiger partial charge is 0.225 e. The van der Waals surface area contributed by atoms with Gasteiger partial charge in [0.15, 0.2) is 11.6 Å². The Bertz CT molecular complexity index is 369. The van der Waals surface area contributed by atoms with Crippen LogP contribution in [0.1, 0.15) is 13.3 Å². The minimum Gasteiger partial charge on any atom is -0.326 e. The van der Waals surface area contributed by atoms with E-state index in [9.17, 15) is 13.6 Å². The van der Waals surface area contributed by atoms with Crippen molar-refractivity contribution in [1.82, 2.24) is 5.32 Å². The van der Waals surface area contributed by atoms with Gasteiger partial charge < -0.3 is 10.6 Å². The molecule has 5 heteroatoms. The van der Waals surface area contributed by atoms with Gasteiger partial charge in [0.05, 0.1) is 0 Å². The van der Waals surface area contributed by atoms with Crippen molar-refractivity contribution >= 4 is 11.6 Å². The highest BCUT2D eigenvalue weighted by Crippen LogP contribution is 2.12. The van der Waals surface area contributed by atoms with E-state index in [0.717, 1.165) is 18.7 Å². The van der Waals surface area contributed by atoms with Crippen molar-refractivity contribution in [2.45, 2.75) is 13.3 Å². The maximum Gasteiger partial charge on any atom is 0.225 e. The number of benzene rings is 1. The molecule has 88 valence electrons. The zero-order chi connectivity index (χ0) is 12.0. The lowest BCUT2D eigenvalue weighted by atomic mass is 10.3. The highest BCUT2D eigenvalue weighted by Gasteiger charge is 2.05. The molecule has 0 fully saturated rings. The number of carbonyl (C=O) groups excluding carboxylic acids is 1. The second kappa shape index (κ2) is 6.17. The third kappa shape index (κ3) is 3.94. The molecule has 0 saturated carbocycles. The molecule has 3 nitrogen and oxygen atoms in total. The highest BCUT2D eigenvalue weighted by atomic mass is 19.2. The van der Waals surface area contributed by atoms with Crippen LogP contribution in [0.15, 0.2) is 18.2 Å². The summed E-state index contributed by atoms with van der Waals surface area (Å²) in [6.45, 7) is 3.29. The zero-order valence-corrected chi connectivity index (χ0v) is 9.02. The van der Waals surface area contributed by atoms with Crippen molar-refractivity contribution in [2.24, 2.45) is 0 Å². The molecule has 16 heavy (non-hydrogen) atoms. The van der Waals surface area contributed by atoms with E-state index in [1.165, 1.54) is 6.07 Å². The Morgan fingerprint density at radius 3 is 2.69 bits per heavy atom. The topological polar surface area (TPSA) is 41.1 Å². The lowest BCUT2D eigenvalue weighted by molar-refractivity contribution is -0.116. The summed E-state index contributed by atoms with van der Waals surface area (Å²) in [6, 6.07) is 3.26. The van der Waals surface area contributed by atoms with Gasteiger partial charge in [-0.15, -0.1) is 0 Å². The van der Waals surface area contributed by atoms with Gasteiger partial charge in [-0.25, -0.2) is 8.78 Å². The summed E-state index contributed by atoms with van der Waals surface area (Å²) >= 11 is 0. The van der Waals surface area contributed by atoms with Crippen molar-refractivity contribution in [3.63, 3.8) is 0 Å². The van der Waals surface area contributed by atoms with Crippen molar-refractivity contribution in [2.75, 3.05) is 18.4 Å². The largest absolute Gasteiger partial charge is 0.326 e. The standard InChI is InChI=1S/C11H14F2N2O/c1-2-14-6-5-11(16)15-8-3-4-9(12)10(13)7-8/h3-4,7,14H,2,5-6H2,1H3,(H,15,16). The van der Waals surface area contributed by atoms with E-state index < -0.39 is 11.6 Å². The van der Waals surface area contributed by atoms with E-state index in [1.54, 1.807) is 0 Å². The molecule has 0 radical (unpaired) electrons. The van der Waals surface area contributed by atoms with Crippen LogP contribution in [0.3, 0.4) is 0 Å². The first-order valence-electron chi connectivity index (χ1n) is 5.09. The number of nitrogens with one attached hydrogen (secondary N) is 2. The SMILES string of the molecule is CCNCCC(=O)Nc1ccc(F)c(F)c1. The molecule has 0 saturated heterocycles. The molecule has 0 unspecified atom stereocenters. The predicted octanol–water partition coefficient (Wildman–Crippen LogP) is 1.90. The van der Waals surface area contributed by atoms with Gasteiger partial charge in [-0.3, -0.25) is 4.79 Å². The van der Waals surface area contributed by atoms with Gasteiger partial charge in [-0.2, -0.15) is 0 Å². The fraction of sp³-hybridized carbons (Fsp3) is 0.364. The Labute approximate surface area is 92.8 Å². The van der Waals surface area contributed by atoms with Crippen LogP contribution < -0.4 is 10.6 Å². The summed E-state index contributed by atoms with van der Waals surface area (Å²) in [4.78, 5) is 11.3. The van der Waals surface area contributed by atoms with Crippen LogP contribution in [0, 0.1) is 11.6 Å². The molecule has 0 aromatic heterocycles. The van der Waals surface area contributed by atoms with Gasteiger partial charge in [0, 0.05) is 24.7 Å². The number of hydrogen-bond acceptors (Lipinski definition) is 2. The highest BCUT2D eigenvalue weighted by molar-refractivity contribution is 5.90. The number of carbonyl (C=O) groups is 1. The molecule has 1 amide bonds. The summed E-state index contributed by atoms with van der Waals surface area (Å²) in [5.74, 6) is -2.12.